The number of nitriles is 1. The second-order valence-corrected chi connectivity index (χ2v) is 10.3. The van der Waals surface area contributed by atoms with Crippen LogP contribution in [0.5, 0.6) is 5.75 Å². The fourth-order valence-electron chi connectivity index (χ4n) is 4.64. The molecular formula is C28H30N6O3. The summed E-state index contributed by atoms with van der Waals surface area (Å²) < 4.78 is 7.43. The van der Waals surface area contributed by atoms with Crippen molar-refractivity contribution in [1.29, 1.82) is 5.26 Å². The van der Waals surface area contributed by atoms with Crippen LogP contribution in [0.1, 0.15) is 37.9 Å². The van der Waals surface area contributed by atoms with Crippen LogP contribution >= 0.6 is 0 Å². The summed E-state index contributed by atoms with van der Waals surface area (Å²) >= 11 is 0. The van der Waals surface area contributed by atoms with Gasteiger partial charge in [0.15, 0.2) is 0 Å². The Hall–Kier alpha value is -4.00. The molecule has 2 N–H and O–H groups in total. The van der Waals surface area contributed by atoms with Gasteiger partial charge in [-0.3, -0.25) is 4.98 Å². The maximum absolute atomic E-state index is 11.1. The lowest BCUT2D eigenvalue weighted by Crippen LogP contribution is -2.46. The highest BCUT2D eigenvalue weighted by Crippen LogP contribution is 2.33. The number of pyridine rings is 3. The van der Waals surface area contributed by atoms with Crippen molar-refractivity contribution in [3.63, 3.8) is 0 Å². The number of rotatable bonds is 7. The normalized spacial score (nSPS) is 15.5. The highest BCUT2D eigenvalue weighted by molar-refractivity contribution is 5.85. The molecule has 0 unspecified atom stereocenters. The first-order valence-corrected chi connectivity index (χ1v) is 12.3. The molecular weight excluding hydrogens is 468 g/mol. The molecule has 0 spiro atoms. The molecule has 0 bridgehead atoms. The van der Waals surface area contributed by atoms with E-state index in [0.717, 1.165) is 22.6 Å². The second-order valence-electron chi connectivity index (χ2n) is 10.3. The number of fused-ring (bicyclic) bond motifs is 1. The lowest BCUT2D eigenvalue weighted by molar-refractivity contribution is 0.0155. The minimum absolute atomic E-state index is 0.114. The van der Waals surface area contributed by atoms with E-state index in [2.05, 4.69) is 21.1 Å². The van der Waals surface area contributed by atoms with E-state index < -0.39 is 11.2 Å². The van der Waals surface area contributed by atoms with Gasteiger partial charge in [-0.2, -0.15) is 10.4 Å². The van der Waals surface area contributed by atoms with Crippen molar-refractivity contribution in [2.45, 2.75) is 44.3 Å². The minimum atomic E-state index is -0.988. The Bertz CT molecular complexity index is 1410. The third kappa shape index (κ3) is 5.56. The van der Waals surface area contributed by atoms with Gasteiger partial charge in [-0.1, -0.05) is 6.07 Å². The fourth-order valence-corrected chi connectivity index (χ4v) is 4.64. The second kappa shape index (κ2) is 9.81. The number of anilines is 1. The predicted octanol–water partition coefficient (Wildman–Crippen LogP) is 3.39. The van der Waals surface area contributed by atoms with E-state index in [1.165, 1.54) is 6.20 Å². The molecule has 0 atom stereocenters. The average Bonchev–Trinajstić information content (AvgIpc) is 3.31. The number of aliphatic hydroxyl groups is 2. The molecule has 1 aliphatic heterocycles. The van der Waals surface area contributed by atoms with E-state index in [0.29, 0.717) is 49.2 Å². The van der Waals surface area contributed by atoms with Gasteiger partial charge >= 0.3 is 0 Å². The lowest BCUT2D eigenvalue weighted by Gasteiger charge is -2.38. The summed E-state index contributed by atoms with van der Waals surface area (Å²) in [4.78, 5) is 11.2. The first-order valence-electron chi connectivity index (χ1n) is 12.3. The van der Waals surface area contributed by atoms with Crippen LogP contribution in [-0.2, 0) is 6.42 Å². The van der Waals surface area contributed by atoms with Crippen LogP contribution in [0, 0.1) is 11.3 Å². The summed E-state index contributed by atoms with van der Waals surface area (Å²) in [6.07, 6.45) is 8.58. The van der Waals surface area contributed by atoms with Gasteiger partial charge < -0.3 is 19.8 Å². The van der Waals surface area contributed by atoms with Crippen molar-refractivity contribution in [1.82, 2.24) is 19.6 Å². The summed E-state index contributed by atoms with van der Waals surface area (Å²) in [6.45, 7) is 4.86. The fraction of sp³-hybridized carbons (Fsp3) is 0.357. The molecule has 5 rings (SSSR count). The van der Waals surface area contributed by atoms with Crippen LogP contribution in [0.4, 0.5) is 5.82 Å². The third-order valence-corrected chi connectivity index (χ3v) is 6.61. The minimum Gasteiger partial charge on any atom is -0.489 e. The van der Waals surface area contributed by atoms with Gasteiger partial charge in [0, 0.05) is 48.7 Å². The van der Waals surface area contributed by atoms with Gasteiger partial charge in [-0.05, 0) is 57.0 Å². The maximum Gasteiger partial charge on any atom is 0.138 e. The Morgan fingerprint density at radius 2 is 1.95 bits per heavy atom. The number of piperidine rings is 1. The third-order valence-electron chi connectivity index (χ3n) is 6.61. The van der Waals surface area contributed by atoms with E-state index >= 15 is 0 Å². The highest BCUT2D eigenvalue weighted by atomic mass is 16.5. The summed E-state index contributed by atoms with van der Waals surface area (Å²) in [5.74, 6) is 1.37. The van der Waals surface area contributed by atoms with E-state index in [4.69, 9.17) is 9.72 Å². The molecule has 5 heterocycles. The molecule has 1 fully saturated rings. The molecule has 0 amide bonds. The molecule has 9 nitrogen and oxygen atoms in total. The first-order chi connectivity index (χ1) is 17.7. The molecule has 1 saturated heterocycles. The summed E-state index contributed by atoms with van der Waals surface area (Å²) in [6, 6.07) is 13.8. The van der Waals surface area contributed by atoms with Crippen molar-refractivity contribution < 1.29 is 14.9 Å². The van der Waals surface area contributed by atoms with Gasteiger partial charge in [-0.15, -0.1) is 0 Å². The molecule has 1 aliphatic rings. The summed E-state index contributed by atoms with van der Waals surface area (Å²) in [5, 5.41) is 35.1. The topological polar surface area (TPSA) is 120 Å². The Morgan fingerprint density at radius 3 is 2.59 bits per heavy atom. The van der Waals surface area contributed by atoms with E-state index in [9.17, 15) is 15.5 Å². The molecule has 0 aromatic carbocycles. The van der Waals surface area contributed by atoms with Crippen molar-refractivity contribution in [2.75, 3.05) is 24.6 Å². The first kappa shape index (κ1) is 24.7. The molecule has 9 heteroatoms. The Morgan fingerprint density at radius 1 is 1.14 bits per heavy atom. The quantitative estimate of drug-likeness (QED) is 0.398. The number of hydrogen-bond donors (Lipinski definition) is 2. The maximum atomic E-state index is 11.1. The zero-order valence-electron chi connectivity index (χ0n) is 21.0. The van der Waals surface area contributed by atoms with Crippen LogP contribution in [0.25, 0.3) is 16.6 Å². The molecule has 0 saturated carbocycles. The number of hydrogen-bond acceptors (Lipinski definition) is 8. The largest absolute Gasteiger partial charge is 0.489 e. The van der Waals surface area contributed by atoms with Crippen molar-refractivity contribution in [3.05, 3.63) is 72.4 Å². The van der Waals surface area contributed by atoms with Crippen molar-refractivity contribution in [2.24, 2.45) is 0 Å². The Balaban J connectivity index is 1.35. The molecule has 190 valence electrons. The predicted molar refractivity (Wildman–Crippen MR) is 139 cm³/mol. The van der Waals surface area contributed by atoms with Crippen LogP contribution in [0.15, 0.2) is 61.2 Å². The van der Waals surface area contributed by atoms with Crippen LogP contribution in [0.2, 0.25) is 0 Å². The van der Waals surface area contributed by atoms with Crippen LogP contribution in [-0.4, -0.2) is 60.7 Å². The van der Waals surface area contributed by atoms with Gasteiger partial charge in [-0.25, -0.2) is 9.50 Å². The zero-order chi connectivity index (χ0) is 26.0. The monoisotopic (exact) mass is 498 g/mol. The molecule has 37 heavy (non-hydrogen) atoms. The molecule has 4 aromatic rings. The van der Waals surface area contributed by atoms with Gasteiger partial charge in [0.05, 0.1) is 34.7 Å². The zero-order valence-corrected chi connectivity index (χ0v) is 21.0. The Labute approximate surface area is 215 Å². The van der Waals surface area contributed by atoms with Crippen molar-refractivity contribution >= 4 is 11.3 Å². The Kier molecular flexibility index (Phi) is 6.54. The molecule has 4 aromatic heterocycles. The lowest BCUT2D eigenvalue weighted by atomic mass is 9.87. The molecule has 0 aliphatic carbocycles. The van der Waals surface area contributed by atoms with Gasteiger partial charge in [0.25, 0.3) is 0 Å². The standard InChI is InChI=1S/C28H30N6O3/c1-27(2,35)19-37-23-13-24(26-21(15-29)17-32-34(26)18-23)20-6-7-25(31-16-20)33-11-8-28(36,9-12-33)14-22-5-3-4-10-30-22/h3-7,10,13,16-18,35-36H,8-9,11-12,14,19H2,1-2H3. The number of nitrogens with zero attached hydrogens (tertiary/aromatic N) is 6. The molecule has 0 radical (unpaired) electrons. The van der Waals surface area contributed by atoms with Crippen molar-refractivity contribution in [3.8, 4) is 22.9 Å². The average molecular weight is 499 g/mol. The van der Waals surface area contributed by atoms with Crippen LogP contribution in [0.3, 0.4) is 0 Å². The van der Waals surface area contributed by atoms with E-state index in [-0.39, 0.29) is 6.61 Å². The van der Waals surface area contributed by atoms with Gasteiger partial charge in [0.1, 0.15) is 24.2 Å². The van der Waals surface area contributed by atoms with E-state index in [1.54, 1.807) is 37.0 Å². The number of aromatic nitrogens is 4. The van der Waals surface area contributed by atoms with Gasteiger partial charge in [0.2, 0.25) is 0 Å². The highest BCUT2D eigenvalue weighted by Gasteiger charge is 2.33. The summed E-state index contributed by atoms with van der Waals surface area (Å²) in [7, 11) is 0. The smallest absolute Gasteiger partial charge is 0.138 e. The number of ether oxygens (including phenoxy) is 1. The van der Waals surface area contributed by atoms with Crippen LogP contribution < -0.4 is 9.64 Å². The summed E-state index contributed by atoms with van der Waals surface area (Å²) in [5.41, 5.74) is 1.86. The van der Waals surface area contributed by atoms with E-state index in [1.807, 2.05) is 36.4 Å². The SMILES string of the molecule is CC(C)(O)COc1cc(-c2ccc(N3CCC(O)(Cc4ccccn4)CC3)nc2)c2c(C#N)cnn2c1.